The second kappa shape index (κ2) is 4.12. The van der Waals surface area contributed by atoms with Crippen LogP contribution in [0.5, 0.6) is 0 Å². The van der Waals surface area contributed by atoms with Crippen LogP contribution in [0.3, 0.4) is 0 Å². The van der Waals surface area contributed by atoms with Gasteiger partial charge in [0.1, 0.15) is 0 Å². The first-order chi connectivity index (χ1) is 7.13. The fourth-order valence-electron chi connectivity index (χ4n) is 2.84. The van der Waals surface area contributed by atoms with Gasteiger partial charge in [-0.05, 0) is 49.6 Å². The lowest BCUT2D eigenvalue weighted by Gasteiger charge is -2.48. The van der Waals surface area contributed by atoms with Gasteiger partial charge in [0.05, 0.1) is 12.5 Å². The molecule has 0 N–H and O–H groups in total. The molecule has 0 radical (unpaired) electrons. The van der Waals surface area contributed by atoms with Gasteiger partial charge in [0, 0.05) is 5.92 Å². The number of ether oxygens (including phenoxy) is 1. The minimum Gasteiger partial charge on any atom is -0.466 e. The van der Waals surface area contributed by atoms with Gasteiger partial charge in [-0.25, -0.2) is 0 Å². The molecule has 1 unspecified atom stereocenters. The van der Waals surface area contributed by atoms with Crippen LogP contribution in [0.15, 0.2) is 0 Å². The first kappa shape index (κ1) is 10.9. The van der Waals surface area contributed by atoms with E-state index in [0.29, 0.717) is 24.9 Å². The van der Waals surface area contributed by atoms with Crippen LogP contribution in [0.1, 0.15) is 26.2 Å². The maximum Gasteiger partial charge on any atom is 0.309 e. The molecule has 0 amide bonds. The molecule has 0 aliphatic heterocycles. The van der Waals surface area contributed by atoms with Gasteiger partial charge in [0.15, 0.2) is 0 Å². The summed E-state index contributed by atoms with van der Waals surface area (Å²) in [6.45, 7) is 2.21. The van der Waals surface area contributed by atoms with E-state index in [1.54, 1.807) is 6.92 Å². The first-order valence-electron chi connectivity index (χ1n) is 5.49. The monoisotopic (exact) mass is 230 g/mol. The van der Waals surface area contributed by atoms with Gasteiger partial charge in [-0.1, -0.05) is 0 Å². The highest BCUT2D eigenvalue weighted by molar-refractivity contribution is 6.64. The lowest BCUT2D eigenvalue weighted by Crippen LogP contribution is -2.47. The van der Waals surface area contributed by atoms with Gasteiger partial charge in [0.25, 0.3) is 0 Å². The zero-order valence-electron chi connectivity index (χ0n) is 8.74. The number of carbonyl (C=O) groups excluding carboxylic acids is 2. The molecular weight excluding hydrogens is 216 g/mol. The van der Waals surface area contributed by atoms with E-state index >= 15 is 0 Å². The third kappa shape index (κ3) is 1.89. The standard InChI is InChI=1S/C11H15ClO3/c1-2-15-11(14)9-5-8(10(12)13)6-3-7(9)4-6/h6-9H,2-5H2,1H3/t6-,7+,8?,9-/m0/s1. The zero-order chi connectivity index (χ0) is 11.0. The van der Waals surface area contributed by atoms with Crippen molar-refractivity contribution in [1.29, 1.82) is 0 Å². The van der Waals surface area contributed by atoms with Crippen LogP contribution in [0.25, 0.3) is 0 Å². The highest BCUT2D eigenvalue weighted by Crippen LogP contribution is 2.52. The van der Waals surface area contributed by atoms with Gasteiger partial charge >= 0.3 is 5.97 Å². The Morgan fingerprint density at radius 1 is 1.20 bits per heavy atom. The molecule has 3 fully saturated rings. The Morgan fingerprint density at radius 3 is 2.33 bits per heavy atom. The molecule has 4 heteroatoms. The number of hydrogen-bond donors (Lipinski definition) is 0. The highest BCUT2D eigenvalue weighted by Gasteiger charge is 2.50. The molecular formula is C11H15ClO3. The summed E-state index contributed by atoms with van der Waals surface area (Å²) in [6.07, 6.45) is 2.52. The van der Waals surface area contributed by atoms with E-state index in [4.69, 9.17) is 16.3 Å². The molecule has 0 aromatic carbocycles. The molecule has 3 rings (SSSR count). The summed E-state index contributed by atoms with van der Waals surface area (Å²) in [5, 5.41) is -0.285. The summed E-state index contributed by atoms with van der Waals surface area (Å²) in [6, 6.07) is 0. The molecule has 15 heavy (non-hydrogen) atoms. The topological polar surface area (TPSA) is 43.4 Å². The highest BCUT2D eigenvalue weighted by atomic mass is 35.5. The molecule has 0 aromatic rings. The minimum atomic E-state index is -0.285. The number of fused-ring (bicyclic) bond motifs is 2. The van der Waals surface area contributed by atoms with Gasteiger partial charge < -0.3 is 4.74 Å². The molecule has 3 saturated carbocycles. The first-order valence-corrected chi connectivity index (χ1v) is 5.87. The number of carbonyl (C=O) groups is 2. The molecule has 3 aliphatic rings. The molecule has 3 nitrogen and oxygen atoms in total. The number of halogens is 1. The van der Waals surface area contributed by atoms with E-state index in [1.165, 1.54) is 0 Å². The lowest BCUT2D eigenvalue weighted by atomic mass is 9.55. The van der Waals surface area contributed by atoms with Crippen molar-refractivity contribution in [2.45, 2.75) is 26.2 Å². The average molecular weight is 231 g/mol. The largest absolute Gasteiger partial charge is 0.466 e. The normalized spacial score (nSPS) is 38.0. The van der Waals surface area contributed by atoms with Crippen LogP contribution in [-0.2, 0) is 14.3 Å². The van der Waals surface area contributed by atoms with Crippen molar-refractivity contribution >= 4 is 22.8 Å². The Balaban J connectivity index is 2.01. The second-order valence-corrected chi connectivity index (χ2v) is 4.87. The quantitative estimate of drug-likeness (QED) is 0.550. The zero-order valence-corrected chi connectivity index (χ0v) is 9.50. The van der Waals surface area contributed by atoms with Crippen molar-refractivity contribution < 1.29 is 14.3 Å². The molecule has 0 aromatic heterocycles. The predicted octanol–water partition coefficient (Wildman–Crippen LogP) is 1.98. The third-order valence-electron chi connectivity index (χ3n) is 3.74. The van der Waals surface area contributed by atoms with Gasteiger partial charge in [0.2, 0.25) is 5.24 Å². The van der Waals surface area contributed by atoms with E-state index < -0.39 is 0 Å². The van der Waals surface area contributed by atoms with Crippen LogP contribution in [0.2, 0.25) is 0 Å². The Kier molecular flexibility index (Phi) is 3.01. The number of esters is 1. The van der Waals surface area contributed by atoms with Crippen molar-refractivity contribution in [2.75, 3.05) is 6.61 Å². The maximum atomic E-state index is 11.6. The summed E-state index contributed by atoms with van der Waals surface area (Å²) in [5.74, 6) is 0.490. The van der Waals surface area contributed by atoms with E-state index in [-0.39, 0.29) is 23.0 Å². The van der Waals surface area contributed by atoms with Crippen molar-refractivity contribution in [3.05, 3.63) is 0 Å². The van der Waals surface area contributed by atoms with Crippen LogP contribution < -0.4 is 0 Å². The van der Waals surface area contributed by atoms with Gasteiger partial charge in [-0.2, -0.15) is 0 Å². The van der Waals surface area contributed by atoms with Crippen molar-refractivity contribution in [1.82, 2.24) is 0 Å². The summed E-state index contributed by atoms with van der Waals surface area (Å²) in [4.78, 5) is 22.8. The SMILES string of the molecule is CCOC(=O)[C@H]1CC(C(=O)Cl)[C@H]2C[C@@H]1C2. The third-order valence-corrected chi connectivity index (χ3v) is 4.02. The molecule has 0 heterocycles. The molecule has 3 aliphatic carbocycles. The summed E-state index contributed by atoms with van der Waals surface area (Å²) in [7, 11) is 0. The molecule has 0 spiro atoms. The molecule has 2 atom stereocenters. The summed E-state index contributed by atoms with van der Waals surface area (Å²) >= 11 is 5.53. The van der Waals surface area contributed by atoms with Crippen LogP contribution >= 0.6 is 11.6 Å². The van der Waals surface area contributed by atoms with Crippen LogP contribution in [-0.4, -0.2) is 17.8 Å². The Labute approximate surface area is 94.1 Å². The van der Waals surface area contributed by atoms with Gasteiger partial charge in [-0.15, -0.1) is 0 Å². The van der Waals surface area contributed by atoms with E-state index in [1.807, 2.05) is 0 Å². The molecule has 84 valence electrons. The summed E-state index contributed by atoms with van der Waals surface area (Å²) < 4.78 is 5.01. The molecule has 0 saturated heterocycles. The minimum absolute atomic E-state index is 0.0948. The van der Waals surface area contributed by atoms with Crippen molar-refractivity contribution in [3.8, 4) is 0 Å². The van der Waals surface area contributed by atoms with E-state index in [9.17, 15) is 9.59 Å². The Bertz CT molecular complexity index is 284. The Morgan fingerprint density at radius 2 is 1.80 bits per heavy atom. The fraction of sp³-hybridized carbons (Fsp3) is 0.818. The fourth-order valence-corrected chi connectivity index (χ4v) is 3.11. The van der Waals surface area contributed by atoms with Crippen molar-refractivity contribution in [2.24, 2.45) is 23.7 Å². The number of hydrogen-bond acceptors (Lipinski definition) is 3. The van der Waals surface area contributed by atoms with E-state index in [2.05, 4.69) is 0 Å². The van der Waals surface area contributed by atoms with Gasteiger partial charge in [-0.3, -0.25) is 9.59 Å². The van der Waals surface area contributed by atoms with Crippen molar-refractivity contribution in [3.63, 3.8) is 0 Å². The van der Waals surface area contributed by atoms with E-state index in [0.717, 1.165) is 12.8 Å². The number of rotatable bonds is 3. The average Bonchev–Trinajstić information content (AvgIpc) is 2.15. The van der Waals surface area contributed by atoms with Crippen LogP contribution in [0, 0.1) is 23.7 Å². The lowest BCUT2D eigenvalue weighted by molar-refractivity contribution is -0.158. The van der Waals surface area contributed by atoms with Crippen LogP contribution in [0.4, 0.5) is 0 Å². The smallest absolute Gasteiger partial charge is 0.309 e. The second-order valence-electron chi connectivity index (χ2n) is 4.50. The summed E-state index contributed by atoms with van der Waals surface area (Å²) in [5.41, 5.74) is 0. The maximum absolute atomic E-state index is 11.6. The predicted molar refractivity (Wildman–Crippen MR) is 55.3 cm³/mol. The Hall–Kier alpha value is -0.570. The molecule has 2 bridgehead atoms.